The number of ether oxygens (including phenoxy) is 2. The lowest BCUT2D eigenvalue weighted by Crippen LogP contribution is -2.45. The van der Waals surface area contributed by atoms with Crippen LogP contribution in [0.1, 0.15) is 12.8 Å². The first-order valence-corrected chi connectivity index (χ1v) is 7.46. The van der Waals surface area contributed by atoms with Gasteiger partial charge >= 0.3 is 0 Å². The molecule has 2 aliphatic rings. The molecule has 2 saturated heterocycles. The topological polar surface area (TPSA) is 64.8 Å². The fraction of sp³-hybridized carbons (Fsp3) is 0.538. The van der Waals surface area contributed by atoms with Crippen molar-refractivity contribution in [3.05, 3.63) is 32.5 Å². The number of anilines is 1. The molecule has 3 rings (SSSR count). The molecule has 1 spiro atoms. The second-order valence-corrected chi connectivity index (χ2v) is 5.96. The minimum Gasteiger partial charge on any atom is -0.366 e. The molecule has 2 aliphatic heterocycles. The van der Waals surface area contributed by atoms with E-state index in [-0.39, 0.29) is 10.2 Å². The third kappa shape index (κ3) is 2.75. The number of benzene rings is 1. The normalized spacial score (nSPS) is 21.0. The fourth-order valence-electron chi connectivity index (χ4n) is 2.80. The predicted molar refractivity (Wildman–Crippen MR) is 76.8 cm³/mol. The summed E-state index contributed by atoms with van der Waals surface area (Å²) in [5, 5.41) is 11.1. The predicted octanol–water partition coefficient (Wildman–Crippen LogP) is 2.84. The van der Waals surface area contributed by atoms with Gasteiger partial charge in [0.15, 0.2) is 5.79 Å². The van der Waals surface area contributed by atoms with Crippen molar-refractivity contribution in [1.29, 1.82) is 0 Å². The van der Waals surface area contributed by atoms with Crippen molar-refractivity contribution in [2.24, 2.45) is 0 Å². The van der Waals surface area contributed by atoms with Crippen LogP contribution in [0.4, 0.5) is 15.8 Å². The van der Waals surface area contributed by atoms with Crippen LogP contribution in [0.25, 0.3) is 0 Å². The Labute approximate surface area is 129 Å². The molecule has 0 amide bonds. The summed E-state index contributed by atoms with van der Waals surface area (Å²) < 4.78 is 25.0. The van der Waals surface area contributed by atoms with Crippen molar-refractivity contribution in [1.82, 2.24) is 0 Å². The van der Waals surface area contributed by atoms with E-state index >= 15 is 0 Å². The van der Waals surface area contributed by atoms with E-state index in [1.807, 2.05) is 4.90 Å². The summed E-state index contributed by atoms with van der Waals surface area (Å²) in [5.74, 6) is -1.18. The van der Waals surface area contributed by atoms with Crippen LogP contribution in [0, 0.1) is 15.9 Å². The van der Waals surface area contributed by atoms with Gasteiger partial charge in [-0.1, -0.05) is 0 Å². The summed E-state index contributed by atoms with van der Waals surface area (Å²) >= 11 is 3.08. The molecule has 6 nitrogen and oxygen atoms in total. The second kappa shape index (κ2) is 5.51. The zero-order chi connectivity index (χ0) is 15.0. The van der Waals surface area contributed by atoms with Crippen LogP contribution in [-0.2, 0) is 9.47 Å². The van der Waals surface area contributed by atoms with Crippen LogP contribution < -0.4 is 4.90 Å². The summed E-state index contributed by atoms with van der Waals surface area (Å²) in [7, 11) is 0. The van der Waals surface area contributed by atoms with E-state index in [1.165, 1.54) is 6.07 Å². The maximum atomic E-state index is 13.5. The average Bonchev–Trinajstić information content (AvgIpc) is 2.90. The third-order valence-corrected chi connectivity index (χ3v) is 4.50. The van der Waals surface area contributed by atoms with Crippen molar-refractivity contribution in [2.75, 3.05) is 31.2 Å². The van der Waals surface area contributed by atoms with Gasteiger partial charge in [0.05, 0.1) is 28.7 Å². The highest BCUT2D eigenvalue weighted by molar-refractivity contribution is 9.10. The van der Waals surface area contributed by atoms with Crippen molar-refractivity contribution >= 4 is 27.3 Å². The lowest BCUT2D eigenvalue weighted by Gasteiger charge is -2.38. The van der Waals surface area contributed by atoms with Gasteiger partial charge in [0.25, 0.3) is 5.69 Å². The second-order valence-electron chi connectivity index (χ2n) is 5.11. The fourth-order valence-corrected chi connectivity index (χ4v) is 3.13. The van der Waals surface area contributed by atoms with E-state index in [9.17, 15) is 14.5 Å². The molecule has 21 heavy (non-hydrogen) atoms. The first-order chi connectivity index (χ1) is 10.0. The highest BCUT2D eigenvalue weighted by Gasteiger charge is 2.40. The number of rotatable bonds is 2. The maximum absolute atomic E-state index is 13.5. The molecular formula is C13H14BrFN2O4. The lowest BCUT2D eigenvalue weighted by atomic mass is 10.0. The number of hydrogen-bond acceptors (Lipinski definition) is 5. The smallest absolute Gasteiger partial charge is 0.295 e. The number of piperidine rings is 1. The zero-order valence-electron chi connectivity index (χ0n) is 11.2. The quantitative estimate of drug-likeness (QED) is 0.599. The van der Waals surface area contributed by atoms with Crippen LogP contribution in [0.15, 0.2) is 16.6 Å². The Balaban J connectivity index is 1.84. The van der Waals surface area contributed by atoms with Crippen LogP contribution in [-0.4, -0.2) is 37.0 Å². The molecule has 0 atom stereocenters. The summed E-state index contributed by atoms with van der Waals surface area (Å²) in [4.78, 5) is 12.4. The highest BCUT2D eigenvalue weighted by atomic mass is 79.9. The van der Waals surface area contributed by atoms with Gasteiger partial charge in [-0.15, -0.1) is 0 Å². The molecule has 1 aromatic carbocycles. The first-order valence-electron chi connectivity index (χ1n) is 6.67. The van der Waals surface area contributed by atoms with E-state index in [4.69, 9.17) is 9.47 Å². The zero-order valence-corrected chi connectivity index (χ0v) is 12.8. The van der Waals surface area contributed by atoms with E-state index in [0.29, 0.717) is 44.8 Å². The number of halogens is 2. The van der Waals surface area contributed by atoms with Gasteiger partial charge < -0.3 is 14.4 Å². The molecule has 114 valence electrons. The molecule has 2 fully saturated rings. The molecule has 8 heteroatoms. The molecule has 2 heterocycles. The van der Waals surface area contributed by atoms with Gasteiger partial charge in [-0.25, -0.2) is 4.39 Å². The Bertz CT molecular complexity index is 568. The number of nitrogens with zero attached hydrogens (tertiary/aromatic N) is 2. The van der Waals surface area contributed by atoms with Crippen LogP contribution in [0.5, 0.6) is 0 Å². The van der Waals surface area contributed by atoms with E-state index in [0.717, 1.165) is 6.07 Å². The van der Waals surface area contributed by atoms with E-state index < -0.39 is 16.5 Å². The number of hydrogen-bond donors (Lipinski definition) is 0. The Hall–Kier alpha value is -1.25. The van der Waals surface area contributed by atoms with Crippen molar-refractivity contribution in [2.45, 2.75) is 18.6 Å². The monoisotopic (exact) mass is 360 g/mol. The Kier molecular flexibility index (Phi) is 3.85. The Morgan fingerprint density at radius 2 is 1.90 bits per heavy atom. The summed E-state index contributed by atoms with van der Waals surface area (Å²) in [6, 6.07) is 2.41. The van der Waals surface area contributed by atoms with Gasteiger partial charge in [0.1, 0.15) is 11.5 Å². The van der Waals surface area contributed by atoms with Gasteiger partial charge in [-0.3, -0.25) is 10.1 Å². The van der Waals surface area contributed by atoms with Crippen molar-refractivity contribution < 1.29 is 18.8 Å². The average molecular weight is 361 g/mol. The molecule has 1 aromatic rings. The summed E-state index contributed by atoms with van der Waals surface area (Å²) in [6.07, 6.45) is 1.28. The molecular weight excluding hydrogens is 347 g/mol. The highest BCUT2D eigenvalue weighted by Crippen LogP contribution is 2.38. The van der Waals surface area contributed by atoms with E-state index in [1.54, 1.807) is 0 Å². The van der Waals surface area contributed by atoms with Gasteiger partial charge in [-0.05, 0) is 22.0 Å². The minimum absolute atomic E-state index is 0.219. The van der Waals surface area contributed by atoms with Crippen LogP contribution in [0.3, 0.4) is 0 Å². The molecule has 0 N–H and O–H groups in total. The lowest BCUT2D eigenvalue weighted by molar-refractivity contribution is -0.384. The van der Waals surface area contributed by atoms with Crippen LogP contribution >= 0.6 is 15.9 Å². The summed E-state index contributed by atoms with van der Waals surface area (Å²) in [5.41, 5.74) is 0.195. The minimum atomic E-state index is -0.638. The van der Waals surface area contributed by atoms with Gasteiger partial charge in [0, 0.05) is 25.9 Å². The van der Waals surface area contributed by atoms with E-state index in [2.05, 4.69) is 15.9 Å². The molecule has 0 aromatic heterocycles. The number of nitro benzene ring substituents is 1. The molecule has 0 radical (unpaired) electrons. The first kappa shape index (κ1) is 14.7. The SMILES string of the molecule is O=[N+]([O-])c1cc(F)c(Br)cc1N1CCC2(CC1)OCCO2. The maximum Gasteiger partial charge on any atom is 0.295 e. The van der Waals surface area contributed by atoms with Gasteiger partial charge in [0.2, 0.25) is 0 Å². The molecule has 0 saturated carbocycles. The molecule has 0 bridgehead atoms. The third-order valence-electron chi connectivity index (χ3n) is 3.89. The Morgan fingerprint density at radius 3 is 2.48 bits per heavy atom. The molecule has 0 unspecified atom stereocenters. The van der Waals surface area contributed by atoms with Crippen LogP contribution in [0.2, 0.25) is 0 Å². The largest absolute Gasteiger partial charge is 0.366 e. The Morgan fingerprint density at radius 1 is 1.29 bits per heavy atom. The molecule has 0 aliphatic carbocycles. The van der Waals surface area contributed by atoms with Gasteiger partial charge in [-0.2, -0.15) is 0 Å². The summed E-state index contributed by atoms with van der Waals surface area (Å²) in [6.45, 7) is 2.31. The number of nitro groups is 1. The van der Waals surface area contributed by atoms with Crippen molar-refractivity contribution in [3.8, 4) is 0 Å². The standard InChI is InChI=1S/C13H14BrFN2O4/c14-9-7-11(12(17(18)19)8-10(9)15)16-3-1-13(2-4-16)20-5-6-21-13/h7-8H,1-6H2. The van der Waals surface area contributed by atoms with Crippen molar-refractivity contribution in [3.63, 3.8) is 0 Å².